The SMILES string of the molecule is Cc1ccc(N2C(=O)N(CC(=O)N3CCCCCC3)C3CS(=O)(=O)CC32)cc1Cl. The molecule has 2 atom stereocenters. The van der Waals surface area contributed by atoms with Gasteiger partial charge in [0.15, 0.2) is 9.84 Å². The Kier molecular flexibility index (Phi) is 5.50. The van der Waals surface area contributed by atoms with Crippen LogP contribution in [0, 0.1) is 6.92 Å². The zero-order valence-corrected chi connectivity index (χ0v) is 18.1. The molecule has 1 aromatic carbocycles. The number of carbonyl (C=O) groups excluding carboxylic acids is 2. The maximum Gasteiger partial charge on any atom is 0.325 e. The fourth-order valence-corrected chi connectivity index (χ4v) is 6.69. The van der Waals surface area contributed by atoms with Crippen molar-refractivity contribution in [2.24, 2.45) is 0 Å². The Morgan fingerprint density at radius 2 is 1.76 bits per heavy atom. The maximum atomic E-state index is 13.3. The van der Waals surface area contributed by atoms with Gasteiger partial charge in [-0.05, 0) is 37.5 Å². The summed E-state index contributed by atoms with van der Waals surface area (Å²) in [5.74, 6) is -0.303. The van der Waals surface area contributed by atoms with E-state index in [1.165, 1.54) is 9.80 Å². The molecule has 4 rings (SSSR count). The van der Waals surface area contributed by atoms with E-state index in [1.54, 1.807) is 12.1 Å². The summed E-state index contributed by atoms with van der Waals surface area (Å²) >= 11 is 6.25. The zero-order chi connectivity index (χ0) is 20.8. The summed E-state index contributed by atoms with van der Waals surface area (Å²) in [7, 11) is -3.28. The van der Waals surface area contributed by atoms with Gasteiger partial charge in [0.1, 0.15) is 6.54 Å². The van der Waals surface area contributed by atoms with Crippen molar-refractivity contribution >= 4 is 39.1 Å². The minimum absolute atomic E-state index is 0.0778. The average Bonchev–Trinajstić information content (AvgIpc) is 2.95. The molecule has 3 amide bonds. The van der Waals surface area contributed by atoms with Crippen LogP contribution in [-0.4, -0.2) is 73.4 Å². The number of fused-ring (bicyclic) bond motifs is 1. The number of aryl methyl sites for hydroxylation is 1. The summed E-state index contributed by atoms with van der Waals surface area (Å²) in [6, 6.07) is 3.96. The fourth-order valence-electron chi connectivity index (χ4n) is 4.56. The normalized spacial score (nSPS) is 26.6. The van der Waals surface area contributed by atoms with Crippen molar-refractivity contribution in [1.82, 2.24) is 9.80 Å². The Morgan fingerprint density at radius 3 is 2.41 bits per heavy atom. The zero-order valence-electron chi connectivity index (χ0n) is 16.5. The molecule has 3 heterocycles. The second-order valence-corrected chi connectivity index (χ2v) is 10.8. The summed E-state index contributed by atoms with van der Waals surface area (Å²) in [6.07, 6.45) is 4.15. The van der Waals surface area contributed by atoms with Crippen molar-refractivity contribution in [1.29, 1.82) is 0 Å². The highest BCUT2D eigenvalue weighted by atomic mass is 35.5. The molecule has 3 aliphatic heterocycles. The number of sulfone groups is 1. The highest BCUT2D eigenvalue weighted by molar-refractivity contribution is 7.91. The molecule has 0 N–H and O–H groups in total. The minimum Gasteiger partial charge on any atom is -0.341 e. The van der Waals surface area contributed by atoms with Crippen molar-refractivity contribution in [3.8, 4) is 0 Å². The van der Waals surface area contributed by atoms with Gasteiger partial charge in [-0.3, -0.25) is 9.69 Å². The molecule has 29 heavy (non-hydrogen) atoms. The second kappa shape index (κ2) is 7.80. The van der Waals surface area contributed by atoms with Gasteiger partial charge in [0.05, 0.1) is 23.6 Å². The van der Waals surface area contributed by atoms with Gasteiger partial charge in [0, 0.05) is 23.8 Å². The molecule has 0 aliphatic carbocycles. The van der Waals surface area contributed by atoms with E-state index < -0.39 is 21.9 Å². The van der Waals surface area contributed by atoms with Gasteiger partial charge >= 0.3 is 6.03 Å². The van der Waals surface area contributed by atoms with Crippen LogP contribution in [0.15, 0.2) is 18.2 Å². The second-order valence-electron chi connectivity index (χ2n) is 8.22. The number of hydrogen-bond donors (Lipinski definition) is 0. The van der Waals surface area contributed by atoms with Gasteiger partial charge in [0.2, 0.25) is 5.91 Å². The Bertz CT molecular complexity index is 928. The fraction of sp³-hybridized carbons (Fsp3) is 0.600. The Labute approximate surface area is 176 Å². The first-order chi connectivity index (χ1) is 13.8. The van der Waals surface area contributed by atoms with Gasteiger partial charge in [-0.25, -0.2) is 13.2 Å². The first-order valence-electron chi connectivity index (χ1n) is 10.1. The third kappa shape index (κ3) is 3.97. The van der Waals surface area contributed by atoms with Crippen molar-refractivity contribution < 1.29 is 18.0 Å². The molecule has 1 aromatic rings. The average molecular weight is 440 g/mol. The number of halogens is 1. The van der Waals surface area contributed by atoms with E-state index in [4.69, 9.17) is 11.6 Å². The Hall–Kier alpha value is -1.80. The molecular weight excluding hydrogens is 414 g/mol. The highest BCUT2D eigenvalue weighted by Crippen LogP contribution is 2.36. The molecule has 9 heteroatoms. The van der Waals surface area contributed by atoms with E-state index in [0.717, 1.165) is 31.2 Å². The van der Waals surface area contributed by atoms with Crippen LogP contribution in [0.1, 0.15) is 31.2 Å². The minimum atomic E-state index is -3.28. The molecule has 0 spiro atoms. The molecule has 7 nitrogen and oxygen atoms in total. The maximum absolute atomic E-state index is 13.3. The number of carbonyl (C=O) groups is 2. The number of nitrogens with zero attached hydrogens (tertiary/aromatic N) is 3. The van der Waals surface area contributed by atoms with Crippen LogP contribution in [0.3, 0.4) is 0 Å². The van der Waals surface area contributed by atoms with E-state index in [1.807, 2.05) is 17.9 Å². The predicted octanol–water partition coefficient (Wildman–Crippen LogP) is 2.46. The topological polar surface area (TPSA) is 78.0 Å². The summed E-state index contributed by atoms with van der Waals surface area (Å²) in [5, 5.41) is 0.520. The van der Waals surface area contributed by atoms with E-state index >= 15 is 0 Å². The summed E-state index contributed by atoms with van der Waals surface area (Å²) in [6.45, 7) is 3.19. The van der Waals surface area contributed by atoms with Crippen LogP contribution in [0.25, 0.3) is 0 Å². The number of benzene rings is 1. The molecule has 0 aromatic heterocycles. The smallest absolute Gasteiger partial charge is 0.325 e. The first kappa shape index (κ1) is 20.5. The standard InChI is InChI=1S/C20H26ClN3O4S/c1-14-6-7-15(10-16(14)21)24-18-13-29(27,28)12-17(18)23(20(24)26)11-19(25)22-8-4-2-3-5-9-22/h6-7,10,17-18H,2-5,8-9,11-13H2,1H3. The lowest BCUT2D eigenvalue weighted by Crippen LogP contribution is -2.46. The largest absolute Gasteiger partial charge is 0.341 e. The number of urea groups is 1. The van der Waals surface area contributed by atoms with Gasteiger partial charge in [-0.1, -0.05) is 30.5 Å². The lowest BCUT2D eigenvalue weighted by atomic mass is 10.1. The molecule has 0 saturated carbocycles. The number of rotatable bonds is 3. The number of amides is 3. The van der Waals surface area contributed by atoms with Crippen LogP contribution in [0.2, 0.25) is 5.02 Å². The first-order valence-corrected chi connectivity index (χ1v) is 12.3. The molecule has 3 aliphatic rings. The number of likely N-dealkylation sites (tertiary alicyclic amines) is 1. The van der Waals surface area contributed by atoms with Crippen LogP contribution in [0.4, 0.5) is 10.5 Å². The molecule has 0 bridgehead atoms. The molecule has 3 fully saturated rings. The van der Waals surface area contributed by atoms with Crippen LogP contribution in [-0.2, 0) is 14.6 Å². The molecule has 3 saturated heterocycles. The third-order valence-corrected chi connectivity index (χ3v) is 8.28. The van der Waals surface area contributed by atoms with Gasteiger partial charge < -0.3 is 9.80 Å². The van der Waals surface area contributed by atoms with Gasteiger partial charge in [0.25, 0.3) is 0 Å². The Morgan fingerprint density at radius 1 is 1.10 bits per heavy atom. The van der Waals surface area contributed by atoms with Crippen LogP contribution >= 0.6 is 11.6 Å². The van der Waals surface area contributed by atoms with E-state index in [0.29, 0.717) is 23.8 Å². The quantitative estimate of drug-likeness (QED) is 0.678. The van der Waals surface area contributed by atoms with Crippen molar-refractivity contribution in [3.63, 3.8) is 0 Å². The summed E-state index contributed by atoms with van der Waals surface area (Å²) in [4.78, 5) is 30.9. The van der Waals surface area contributed by atoms with Crippen LogP contribution < -0.4 is 4.90 Å². The number of hydrogen-bond acceptors (Lipinski definition) is 4. The third-order valence-electron chi connectivity index (χ3n) is 6.18. The van der Waals surface area contributed by atoms with Gasteiger partial charge in [-0.15, -0.1) is 0 Å². The summed E-state index contributed by atoms with van der Waals surface area (Å²) < 4.78 is 24.7. The van der Waals surface area contributed by atoms with Crippen molar-refractivity contribution in [2.75, 3.05) is 36.0 Å². The molecule has 0 radical (unpaired) electrons. The monoisotopic (exact) mass is 439 g/mol. The highest BCUT2D eigenvalue weighted by Gasteiger charge is 2.54. The van der Waals surface area contributed by atoms with Crippen molar-refractivity contribution in [2.45, 2.75) is 44.7 Å². The van der Waals surface area contributed by atoms with E-state index in [9.17, 15) is 18.0 Å². The summed E-state index contributed by atoms with van der Waals surface area (Å²) in [5.41, 5.74) is 1.45. The molecule has 2 unspecified atom stereocenters. The molecule has 158 valence electrons. The molecular formula is C20H26ClN3O4S. The van der Waals surface area contributed by atoms with Gasteiger partial charge in [-0.2, -0.15) is 0 Å². The van der Waals surface area contributed by atoms with E-state index in [-0.39, 0.29) is 30.0 Å². The Balaban J connectivity index is 1.61. The lowest BCUT2D eigenvalue weighted by Gasteiger charge is -2.26. The van der Waals surface area contributed by atoms with E-state index in [2.05, 4.69) is 0 Å². The van der Waals surface area contributed by atoms with Crippen LogP contribution in [0.5, 0.6) is 0 Å². The van der Waals surface area contributed by atoms with Crippen molar-refractivity contribution in [3.05, 3.63) is 28.8 Å². The predicted molar refractivity (Wildman–Crippen MR) is 112 cm³/mol. The number of anilines is 1. The lowest BCUT2D eigenvalue weighted by molar-refractivity contribution is -0.131.